The van der Waals surface area contributed by atoms with E-state index in [2.05, 4.69) is 29.2 Å². The van der Waals surface area contributed by atoms with Gasteiger partial charge < -0.3 is 4.74 Å². The first kappa shape index (κ1) is 10.7. The molecule has 0 bridgehead atoms. The summed E-state index contributed by atoms with van der Waals surface area (Å²) in [6.07, 6.45) is 2.79. The van der Waals surface area contributed by atoms with Crippen molar-refractivity contribution in [3.05, 3.63) is 59.4 Å². The van der Waals surface area contributed by atoms with Gasteiger partial charge in [0.2, 0.25) is 0 Å². The Morgan fingerprint density at radius 3 is 2.44 bits per heavy atom. The Balaban J connectivity index is 2.14. The van der Waals surface area contributed by atoms with Crippen LogP contribution in [0.1, 0.15) is 16.8 Å². The molecule has 0 N–H and O–H groups in total. The Morgan fingerprint density at radius 1 is 1.06 bits per heavy atom. The molecule has 2 rings (SSSR count). The van der Waals surface area contributed by atoms with Crippen molar-refractivity contribution in [3.63, 3.8) is 0 Å². The fourth-order valence-electron chi connectivity index (χ4n) is 1.69. The largest absolute Gasteiger partial charge is 0.497 e. The maximum atomic E-state index is 5.13. The second-order valence-corrected chi connectivity index (χ2v) is 3.83. The highest BCUT2D eigenvalue weighted by Crippen LogP contribution is 2.14. The summed E-state index contributed by atoms with van der Waals surface area (Å²) in [5, 5.41) is 0. The SMILES string of the molecule is COc1ccc(Cc2ccnc(C)c2)cc1. The zero-order chi connectivity index (χ0) is 11.4. The molecule has 0 spiro atoms. The molecule has 0 saturated carbocycles. The van der Waals surface area contributed by atoms with Gasteiger partial charge in [0, 0.05) is 11.9 Å². The van der Waals surface area contributed by atoms with E-state index < -0.39 is 0 Å². The van der Waals surface area contributed by atoms with Gasteiger partial charge in [-0.3, -0.25) is 4.98 Å². The number of aryl methyl sites for hydroxylation is 1. The molecule has 0 aliphatic rings. The molecule has 0 aliphatic heterocycles. The molecular formula is C14H15NO. The highest BCUT2D eigenvalue weighted by molar-refractivity contribution is 5.31. The third kappa shape index (κ3) is 2.60. The van der Waals surface area contributed by atoms with Gasteiger partial charge in [0.1, 0.15) is 5.75 Å². The number of nitrogens with zero attached hydrogens (tertiary/aromatic N) is 1. The van der Waals surface area contributed by atoms with Crippen LogP contribution in [0.3, 0.4) is 0 Å². The van der Waals surface area contributed by atoms with Crippen LogP contribution in [-0.2, 0) is 6.42 Å². The van der Waals surface area contributed by atoms with Crippen LogP contribution in [0.5, 0.6) is 5.75 Å². The topological polar surface area (TPSA) is 22.1 Å². The lowest BCUT2D eigenvalue weighted by Crippen LogP contribution is -1.90. The summed E-state index contributed by atoms with van der Waals surface area (Å²) in [5.74, 6) is 0.898. The quantitative estimate of drug-likeness (QED) is 0.782. The van der Waals surface area contributed by atoms with Crippen molar-refractivity contribution in [1.29, 1.82) is 0 Å². The van der Waals surface area contributed by atoms with E-state index in [0.717, 1.165) is 17.9 Å². The zero-order valence-corrected chi connectivity index (χ0v) is 9.60. The lowest BCUT2D eigenvalue weighted by Gasteiger charge is -2.04. The predicted octanol–water partition coefficient (Wildman–Crippen LogP) is 2.99. The first-order chi connectivity index (χ1) is 7.78. The number of benzene rings is 1. The molecule has 0 radical (unpaired) electrons. The van der Waals surface area contributed by atoms with Crippen molar-refractivity contribution in [2.75, 3.05) is 7.11 Å². The molecule has 82 valence electrons. The third-order valence-electron chi connectivity index (χ3n) is 2.53. The van der Waals surface area contributed by atoms with Crippen molar-refractivity contribution in [2.24, 2.45) is 0 Å². The van der Waals surface area contributed by atoms with Crippen LogP contribution < -0.4 is 4.74 Å². The molecule has 1 aromatic carbocycles. The van der Waals surface area contributed by atoms with Gasteiger partial charge in [0.25, 0.3) is 0 Å². The maximum absolute atomic E-state index is 5.13. The highest BCUT2D eigenvalue weighted by Gasteiger charge is 1.97. The second-order valence-electron chi connectivity index (χ2n) is 3.83. The first-order valence-corrected chi connectivity index (χ1v) is 5.32. The third-order valence-corrected chi connectivity index (χ3v) is 2.53. The summed E-state index contributed by atoms with van der Waals surface area (Å²) < 4.78 is 5.13. The van der Waals surface area contributed by atoms with Gasteiger partial charge in [-0.2, -0.15) is 0 Å². The number of rotatable bonds is 3. The standard InChI is InChI=1S/C14H15NO/c1-11-9-13(7-8-15-11)10-12-3-5-14(16-2)6-4-12/h3-9H,10H2,1-2H3. The van der Waals surface area contributed by atoms with E-state index in [1.165, 1.54) is 11.1 Å². The molecule has 0 atom stereocenters. The van der Waals surface area contributed by atoms with Crippen LogP contribution in [0, 0.1) is 6.92 Å². The summed E-state index contributed by atoms with van der Waals surface area (Å²) in [6, 6.07) is 12.3. The molecule has 0 saturated heterocycles. The molecule has 0 aliphatic carbocycles. The van der Waals surface area contributed by atoms with Crippen LogP contribution in [0.2, 0.25) is 0 Å². The van der Waals surface area contributed by atoms with Crippen LogP contribution in [0.25, 0.3) is 0 Å². The molecule has 2 nitrogen and oxygen atoms in total. The average Bonchev–Trinajstić information content (AvgIpc) is 2.30. The van der Waals surface area contributed by atoms with E-state index in [4.69, 9.17) is 4.74 Å². The van der Waals surface area contributed by atoms with E-state index in [0.29, 0.717) is 0 Å². The molecule has 2 aromatic rings. The van der Waals surface area contributed by atoms with E-state index in [1.807, 2.05) is 25.3 Å². The van der Waals surface area contributed by atoms with E-state index in [-0.39, 0.29) is 0 Å². The Kier molecular flexibility index (Phi) is 3.20. The normalized spacial score (nSPS) is 10.1. The molecule has 0 unspecified atom stereocenters. The maximum Gasteiger partial charge on any atom is 0.118 e. The first-order valence-electron chi connectivity index (χ1n) is 5.32. The van der Waals surface area contributed by atoms with Crippen LogP contribution >= 0.6 is 0 Å². The van der Waals surface area contributed by atoms with Crippen LogP contribution in [0.15, 0.2) is 42.6 Å². The van der Waals surface area contributed by atoms with E-state index >= 15 is 0 Å². The van der Waals surface area contributed by atoms with Crippen LogP contribution in [-0.4, -0.2) is 12.1 Å². The second kappa shape index (κ2) is 4.79. The van der Waals surface area contributed by atoms with Crippen molar-refractivity contribution < 1.29 is 4.74 Å². The van der Waals surface area contributed by atoms with Gasteiger partial charge in [0.15, 0.2) is 0 Å². The number of hydrogen-bond donors (Lipinski definition) is 0. The molecule has 0 fully saturated rings. The van der Waals surface area contributed by atoms with Crippen LogP contribution in [0.4, 0.5) is 0 Å². The number of hydrogen-bond acceptors (Lipinski definition) is 2. The number of pyridine rings is 1. The van der Waals surface area contributed by atoms with E-state index in [9.17, 15) is 0 Å². The smallest absolute Gasteiger partial charge is 0.118 e. The lowest BCUT2D eigenvalue weighted by atomic mass is 10.1. The fourth-order valence-corrected chi connectivity index (χ4v) is 1.69. The van der Waals surface area contributed by atoms with Gasteiger partial charge in [-0.1, -0.05) is 12.1 Å². The minimum Gasteiger partial charge on any atom is -0.497 e. The number of methoxy groups -OCH3 is 1. The van der Waals surface area contributed by atoms with Gasteiger partial charge >= 0.3 is 0 Å². The Hall–Kier alpha value is -1.83. The molecule has 1 heterocycles. The predicted molar refractivity (Wildman–Crippen MR) is 64.8 cm³/mol. The molecule has 1 aromatic heterocycles. The van der Waals surface area contributed by atoms with Crippen molar-refractivity contribution in [3.8, 4) is 5.75 Å². The highest BCUT2D eigenvalue weighted by atomic mass is 16.5. The molecular weight excluding hydrogens is 198 g/mol. The van der Waals surface area contributed by atoms with Gasteiger partial charge in [0.05, 0.1) is 7.11 Å². The van der Waals surface area contributed by atoms with Crippen molar-refractivity contribution >= 4 is 0 Å². The van der Waals surface area contributed by atoms with Gasteiger partial charge in [-0.25, -0.2) is 0 Å². The number of aromatic nitrogens is 1. The minimum absolute atomic E-state index is 0.898. The minimum atomic E-state index is 0.898. The molecule has 0 amide bonds. The van der Waals surface area contributed by atoms with Gasteiger partial charge in [-0.05, 0) is 48.7 Å². The Bertz CT molecular complexity index is 462. The summed E-state index contributed by atoms with van der Waals surface area (Å²) >= 11 is 0. The molecule has 2 heteroatoms. The summed E-state index contributed by atoms with van der Waals surface area (Å²) in [6.45, 7) is 2.01. The van der Waals surface area contributed by atoms with Gasteiger partial charge in [-0.15, -0.1) is 0 Å². The monoisotopic (exact) mass is 213 g/mol. The average molecular weight is 213 g/mol. The summed E-state index contributed by atoms with van der Waals surface area (Å²) in [7, 11) is 1.68. The zero-order valence-electron chi connectivity index (χ0n) is 9.60. The fraction of sp³-hybridized carbons (Fsp3) is 0.214. The van der Waals surface area contributed by atoms with E-state index in [1.54, 1.807) is 7.11 Å². The molecule has 16 heavy (non-hydrogen) atoms. The lowest BCUT2D eigenvalue weighted by molar-refractivity contribution is 0.414. The Morgan fingerprint density at radius 2 is 1.81 bits per heavy atom. The van der Waals surface area contributed by atoms with Crippen molar-refractivity contribution in [2.45, 2.75) is 13.3 Å². The summed E-state index contributed by atoms with van der Waals surface area (Å²) in [5.41, 5.74) is 3.63. The summed E-state index contributed by atoms with van der Waals surface area (Å²) in [4.78, 5) is 4.19. The Labute approximate surface area is 95.9 Å². The van der Waals surface area contributed by atoms with Crippen molar-refractivity contribution in [1.82, 2.24) is 4.98 Å². The number of ether oxygens (including phenoxy) is 1.